The van der Waals surface area contributed by atoms with Gasteiger partial charge in [0.2, 0.25) is 11.8 Å². The number of aryl methyl sites for hydroxylation is 1. The molecule has 6 heteroatoms. The summed E-state index contributed by atoms with van der Waals surface area (Å²) in [6.45, 7) is 2.78. The zero-order chi connectivity index (χ0) is 19.2. The highest BCUT2D eigenvalue weighted by molar-refractivity contribution is 5.79. The van der Waals surface area contributed by atoms with Gasteiger partial charge in [0.25, 0.3) is 0 Å². The minimum atomic E-state index is -0.819. The van der Waals surface area contributed by atoms with Crippen LogP contribution in [0.5, 0.6) is 0 Å². The molecule has 2 heterocycles. The quantitative estimate of drug-likeness (QED) is 0.760. The number of amides is 2. The van der Waals surface area contributed by atoms with E-state index in [2.05, 4.69) is 0 Å². The lowest BCUT2D eigenvalue weighted by Gasteiger charge is -2.34. The summed E-state index contributed by atoms with van der Waals surface area (Å²) < 4.78 is 26.3. The molecule has 2 aliphatic heterocycles. The van der Waals surface area contributed by atoms with Gasteiger partial charge in [0.15, 0.2) is 11.6 Å². The predicted octanol–water partition coefficient (Wildman–Crippen LogP) is 3.54. The van der Waals surface area contributed by atoms with Crippen molar-refractivity contribution in [3.8, 4) is 0 Å². The molecule has 1 aromatic rings. The van der Waals surface area contributed by atoms with Crippen LogP contribution in [0.4, 0.5) is 8.78 Å². The minimum Gasteiger partial charge on any atom is -0.342 e. The molecule has 148 valence electrons. The van der Waals surface area contributed by atoms with E-state index in [0.29, 0.717) is 31.7 Å². The Hall–Kier alpha value is -1.98. The standard InChI is InChI=1S/C21H28F2N2O2/c22-18-9-8-16(14-19(18)23)6-7-17-4-3-12-25(15-17)21(27)10-13-24-11-2-1-5-20(24)26/h8-9,14,17H,1-7,10-13,15H2/t17-/m0/s1. The molecule has 3 rings (SSSR count). The van der Waals surface area contributed by atoms with E-state index in [1.165, 1.54) is 12.1 Å². The predicted molar refractivity (Wildman–Crippen MR) is 99.0 cm³/mol. The number of piperidine rings is 2. The third kappa shape index (κ3) is 5.50. The molecule has 0 aliphatic carbocycles. The van der Waals surface area contributed by atoms with Gasteiger partial charge in [-0.2, -0.15) is 0 Å². The van der Waals surface area contributed by atoms with Crippen molar-refractivity contribution < 1.29 is 18.4 Å². The van der Waals surface area contributed by atoms with Crippen molar-refractivity contribution in [2.45, 2.75) is 51.4 Å². The van der Waals surface area contributed by atoms with E-state index in [1.54, 1.807) is 6.07 Å². The van der Waals surface area contributed by atoms with Gasteiger partial charge in [0.1, 0.15) is 0 Å². The zero-order valence-corrected chi connectivity index (χ0v) is 15.8. The molecule has 0 unspecified atom stereocenters. The number of hydrogen-bond acceptors (Lipinski definition) is 2. The summed E-state index contributed by atoms with van der Waals surface area (Å²) in [6.07, 6.45) is 6.54. The van der Waals surface area contributed by atoms with Crippen molar-refractivity contribution in [3.05, 3.63) is 35.4 Å². The van der Waals surface area contributed by atoms with Gasteiger partial charge in [0.05, 0.1) is 0 Å². The number of likely N-dealkylation sites (tertiary alicyclic amines) is 2. The summed E-state index contributed by atoms with van der Waals surface area (Å²) in [6, 6.07) is 4.06. The highest BCUT2D eigenvalue weighted by Gasteiger charge is 2.25. The third-order valence-electron chi connectivity index (χ3n) is 5.71. The summed E-state index contributed by atoms with van der Waals surface area (Å²) >= 11 is 0. The lowest BCUT2D eigenvalue weighted by Crippen LogP contribution is -2.43. The van der Waals surface area contributed by atoms with Crippen LogP contribution in [0.2, 0.25) is 0 Å². The Kier molecular flexibility index (Phi) is 6.80. The Morgan fingerprint density at radius 1 is 1.11 bits per heavy atom. The normalized spacial score (nSPS) is 20.8. The molecule has 0 radical (unpaired) electrons. The van der Waals surface area contributed by atoms with Crippen LogP contribution in [0.15, 0.2) is 18.2 Å². The van der Waals surface area contributed by atoms with E-state index in [-0.39, 0.29) is 11.8 Å². The molecule has 0 N–H and O–H groups in total. The number of halogens is 2. The molecule has 2 fully saturated rings. The van der Waals surface area contributed by atoms with Crippen molar-refractivity contribution in [1.29, 1.82) is 0 Å². The number of rotatable bonds is 6. The van der Waals surface area contributed by atoms with Gasteiger partial charge < -0.3 is 9.80 Å². The van der Waals surface area contributed by atoms with Gasteiger partial charge in [-0.1, -0.05) is 6.07 Å². The number of nitrogens with zero attached hydrogens (tertiary/aromatic N) is 2. The van der Waals surface area contributed by atoms with Crippen LogP contribution >= 0.6 is 0 Å². The molecule has 1 atom stereocenters. The van der Waals surface area contributed by atoms with Crippen molar-refractivity contribution in [3.63, 3.8) is 0 Å². The Labute approximate surface area is 159 Å². The second-order valence-electron chi connectivity index (χ2n) is 7.72. The fraction of sp³-hybridized carbons (Fsp3) is 0.619. The van der Waals surface area contributed by atoms with Crippen molar-refractivity contribution in [2.24, 2.45) is 5.92 Å². The maximum absolute atomic E-state index is 13.3. The SMILES string of the molecule is O=C1CCCCN1CCC(=O)N1CCC[C@@H](CCc2ccc(F)c(F)c2)C1. The molecule has 4 nitrogen and oxygen atoms in total. The van der Waals surface area contributed by atoms with Crippen LogP contribution in [-0.4, -0.2) is 47.8 Å². The molecular weight excluding hydrogens is 350 g/mol. The Morgan fingerprint density at radius 2 is 1.96 bits per heavy atom. The summed E-state index contributed by atoms with van der Waals surface area (Å²) in [5.41, 5.74) is 0.793. The fourth-order valence-electron chi connectivity index (χ4n) is 4.08. The van der Waals surface area contributed by atoms with Crippen LogP contribution < -0.4 is 0 Å². The van der Waals surface area contributed by atoms with E-state index in [4.69, 9.17) is 0 Å². The Bertz CT molecular complexity index is 680. The maximum atomic E-state index is 13.3. The van der Waals surface area contributed by atoms with Crippen LogP contribution in [-0.2, 0) is 16.0 Å². The van der Waals surface area contributed by atoms with Gasteiger partial charge >= 0.3 is 0 Å². The number of hydrogen-bond donors (Lipinski definition) is 0. The monoisotopic (exact) mass is 378 g/mol. The molecule has 27 heavy (non-hydrogen) atoms. The van der Waals surface area contributed by atoms with Crippen LogP contribution in [0.3, 0.4) is 0 Å². The van der Waals surface area contributed by atoms with E-state index in [0.717, 1.165) is 57.3 Å². The number of carbonyl (C=O) groups excluding carboxylic acids is 2. The van der Waals surface area contributed by atoms with Crippen molar-refractivity contribution in [2.75, 3.05) is 26.2 Å². The van der Waals surface area contributed by atoms with Gasteiger partial charge in [-0.3, -0.25) is 9.59 Å². The molecule has 0 aromatic heterocycles. The van der Waals surface area contributed by atoms with E-state index in [9.17, 15) is 18.4 Å². The Morgan fingerprint density at radius 3 is 2.74 bits per heavy atom. The number of benzene rings is 1. The first kappa shape index (κ1) is 19.8. The van der Waals surface area contributed by atoms with E-state index >= 15 is 0 Å². The molecule has 2 saturated heterocycles. The molecule has 0 saturated carbocycles. The first-order valence-electron chi connectivity index (χ1n) is 10.0. The largest absolute Gasteiger partial charge is 0.342 e. The molecule has 2 aliphatic rings. The van der Waals surface area contributed by atoms with Crippen LogP contribution in [0.25, 0.3) is 0 Å². The molecular formula is C21H28F2N2O2. The molecule has 1 aromatic carbocycles. The average molecular weight is 378 g/mol. The first-order chi connectivity index (χ1) is 13.0. The summed E-state index contributed by atoms with van der Waals surface area (Å²) in [4.78, 5) is 28.1. The lowest BCUT2D eigenvalue weighted by atomic mass is 9.91. The highest BCUT2D eigenvalue weighted by atomic mass is 19.2. The van der Waals surface area contributed by atoms with E-state index < -0.39 is 11.6 Å². The van der Waals surface area contributed by atoms with Gasteiger partial charge in [-0.25, -0.2) is 8.78 Å². The number of carbonyl (C=O) groups is 2. The van der Waals surface area contributed by atoms with Gasteiger partial charge in [-0.15, -0.1) is 0 Å². The highest BCUT2D eigenvalue weighted by Crippen LogP contribution is 2.23. The Balaban J connectivity index is 1.44. The van der Waals surface area contributed by atoms with Gasteiger partial charge in [-0.05, 0) is 62.1 Å². The maximum Gasteiger partial charge on any atom is 0.224 e. The fourth-order valence-corrected chi connectivity index (χ4v) is 4.08. The summed E-state index contributed by atoms with van der Waals surface area (Å²) in [7, 11) is 0. The van der Waals surface area contributed by atoms with Crippen molar-refractivity contribution in [1.82, 2.24) is 9.80 Å². The summed E-state index contributed by atoms with van der Waals surface area (Å²) in [5, 5.41) is 0. The second-order valence-corrected chi connectivity index (χ2v) is 7.72. The molecule has 2 amide bonds. The van der Waals surface area contributed by atoms with Crippen molar-refractivity contribution >= 4 is 11.8 Å². The first-order valence-corrected chi connectivity index (χ1v) is 10.0. The van der Waals surface area contributed by atoms with Crippen LogP contribution in [0, 0.1) is 17.6 Å². The summed E-state index contributed by atoms with van der Waals surface area (Å²) in [5.74, 6) is -0.962. The smallest absolute Gasteiger partial charge is 0.224 e. The zero-order valence-electron chi connectivity index (χ0n) is 15.8. The van der Waals surface area contributed by atoms with Crippen LogP contribution in [0.1, 0.15) is 50.5 Å². The van der Waals surface area contributed by atoms with Gasteiger partial charge in [0, 0.05) is 39.0 Å². The second kappa shape index (κ2) is 9.29. The van der Waals surface area contributed by atoms with E-state index in [1.807, 2.05) is 9.80 Å². The topological polar surface area (TPSA) is 40.6 Å². The third-order valence-corrected chi connectivity index (χ3v) is 5.71. The minimum absolute atomic E-state index is 0.117. The average Bonchev–Trinajstić information content (AvgIpc) is 2.68. The lowest BCUT2D eigenvalue weighted by molar-refractivity contribution is -0.136. The molecule has 0 spiro atoms. The molecule has 0 bridgehead atoms.